The number of hydrogen-bond acceptors (Lipinski definition) is 2. The predicted octanol–water partition coefficient (Wildman–Crippen LogP) is 2.89. The minimum Gasteiger partial charge on any atom is -0.384 e. The van der Waals surface area contributed by atoms with Crippen LogP contribution in [0.4, 0.5) is 18.9 Å². The lowest BCUT2D eigenvalue weighted by molar-refractivity contribution is -0.136. The highest BCUT2D eigenvalue weighted by atomic mass is 32.2. The van der Waals surface area contributed by atoms with Crippen molar-refractivity contribution in [2.24, 2.45) is 0 Å². The van der Waals surface area contributed by atoms with Crippen molar-refractivity contribution >= 4 is 16.5 Å². The highest BCUT2D eigenvalue weighted by Crippen LogP contribution is 2.34. The summed E-state index contributed by atoms with van der Waals surface area (Å²) in [5.41, 5.74) is -0.657. The first-order chi connectivity index (χ1) is 7.95. The Morgan fingerprint density at radius 1 is 1.29 bits per heavy atom. The first-order valence-corrected chi connectivity index (χ1v) is 6.69. The number of hydrogen-bond donors (Lipinski definition) is 1. The average molecular weight is 265 g/mol. The first-order valence-electron chi connectivity index (χ1n) is 5.20. The van der Waals surface area contributed by atoms with Crippen LogP contribution in [-0.4, -0.2) is 22.3 Å². The molecule has 0 aliphatic rings. The molecule has 0 aromatic heterocycles. The molecule has 6 heteroatoms. The van der Waals surface area contributed by atoms with Crippen LogP contribution < -0.4 is 5.32 Å². The summed E-state index contributed by atoms with van der Waals surface area (Å²) >= 11 is 0. The SMILES string of the molecule is CCS(=O)CCNc1ccccc1C(F)(F)F. The molecule has 0 bridgehead atoms. The Bertz CT molecular complexity index is 393. The van der Waals surface area contributed by atoms with E-state index < -0.39 is 22.5 Å². The van der Waals surface area contributed by atoms with E-state index in [0.717, 1.165) is 6.07 Å². The van der Waals surface area contributed by atoms with E-state index in [4.69, 9.17) is 0 Å². The second-order valence-corrected chi connectivity index (χ2v) is 5.27. The van der Waals surface area contributed by atoms with Crippen LogP contribution in [0.2, 0.25) is 0 Å². The molecule has 2 nitrogen and oxygen atoms in total. The van der Waals surface area contributed by atoms with Crippen LogP contribution in [0.1, 0.15) is 12.5 Å². The Morgan fingerprint density at radius 3 is 2.53 bits per heavy atom. The average Bonchev–Trinajstić information content (AvgIpc) is 2.28. The van der Waals surface area contributed by atoms with Gasteiger partial charge in [-0.15, -0.1) is 0 Å². The fraction of sp³-hybridized carbons (Fsp3) is 0.455. The minimum absolute atomic E-state index is 0.0353. The van der Waals surface area contributed by atoms with Gasteiger partial charge in [-0.3, -0.25) is 4.21 Å². The van der Waals surface area contributed by atoms with Gasteiger partial charge in [0.2, 0.25) is 0 Å². The van der Waals surface area contributed by atoms with Crippen molar-refractivity contribution in [3.63, 3.8) is 0 Å². The molecule has 1 atom stereocenters. The molecule has 96 valence electrons. The van der Waals surface area contributed by atoms with Gasteiger partial charge in [0.05, 0.1) is 5.56 Å². The summed E-state index contributed by atoms with van der Waals surface area (Å²) in [6.45, 7) is 2.05. The Kier molecular flexibility index (Phi) is 4.99. The van der Waals surface area contributed by atoms with Gasteiger partial charge in [-0.25, -0.2) is 0 Å². The molecule has 1 aromatic rings. The normalized spacial score (nSPS) is 13.4. The summed E-state index contributed by atoms with van der Waals surface area (Å²) in [5.74, 6) is 0.866. The Hall–Kier alpha value is -1.04. The number of rotatable bonds is 5. The summed E-state index contributed by atoms with van der Waals surface area (Å²) in [4.78, 5) is 0. The topological polar surface area (TPSA) is 29.1 Å². The van der Waals surface area contributed by atoms with Crippen LogP contribution in [-0.2, 0) is 17.0 Å². The van der Waals surface area contributed by atoms with Gasteiger partial charge in [0, 0.05) is 34.5 Å². The summed E-state index contributed by atoms with van der Waals surface area (Å²) in [6.07, 6.45) is -4.37. The Labute approximate surface area is 101 Å². The van der Waals surface area contributed by atoms with Crippen LogP contribution in [0, 0.1) is 0 Å². The van der Waals surface area contributed by atoms with Crippen LogP contribution in [0.15, 0.2) is 24.3 Å². The lowest BCUT2D eigenvalue weighted by Gasteiger charge is -2.13. The second kappa shape index (κ2) is 6.05. The second-order valence-electron chi connectivity index (χ2n) is 3.40. The van der Waals surface area contributed by atoms with E-state index in [2.05, 4.69) is 5.32 Å². The summed E-state index contributed by atoms with van der Waals surface area (Å²) in [5, 5.41) is 2.67. The van der Waals surface area contributed by atoms with Gasteiger partial charge in [0.1, 0.15) is 0 Å². The zero-order valence-corrected chi connectivity index (χ0v) is 10.2. The van der Waals surface area contributed by atoms with Gasteiger partial charge in [0.25, 0.3) is 0 Å². The molecule has 0 spiro atoms. The van der Waals surface area contributed by atoms with Gasteiger partial charge < -0.3 is 5.32 Å². The van der Waals surface area contributed by atoms with Gasteiger partial charge >= 0.3 is 6.18 Å². The third-order valence-electron chi connectivity index (χ3n) is 2.20. The highest BCUT2D eigenvalue weighted by Gasteiger charge is 2.32. The van der Waals surface area contributed by atoms with Gasteiger partial charge in [-0.2, -0.15) is 13.2 Å². The third kappa shape index (κ3) is 4.38. The molecule has 1 aromatic carbocycles. The predicted molar refractivity (Wildman–Crippen MR) is 63.5 cm³/mol. The minimum atomic E-state index is -4.37. The molecule has 17 heavy (non-hydrogen) atoms. The van der Waals surface area contributed by atoms with Crippen molar-refractivity contribution in [1.29, 1.82) is 0 Å². The highest BCUT2D eigenvalue weighted by molar-refractivity contribution is 7.84. The van der Waals surface area contributed by atoms with Crippen molar-refractivity contribution in [1.82, 2.24) is 0 Å². The molecule has 0 radical (unpaired) electrons. The molecule has 0 saturated carbocycles. The lowest BCUT2D eigenvalue weighted by Crippen LogP contribution is -2.15. The summed E-state index contributed by atoms with van der Waals surface area (Å²) in [7, 11) is -0.972. The maximum absolute atomic E-state index is 12.6. The van der Waals surface area contributed by atoms with Crippen LogP contribution in [0.3, 0.4) is 0 Å². The van der Waals surface area contributed by atoms with Crippen LogP contribution >= 0.6 is 0 Å². The Balaban J connectivity index is 2.68. The zero-order valence-electron chi connectivity index (χ0n) is 9.38. The van der Waals surface area contributed by atoms with E-state index in [-0.39, 0.29) is 12.2 Å². The maximum atomic E-state index is 12.6. The van der Waals surface area contributed by atoms with Crippen molar-refractivity contribution in [2.75, 3.05) is 23.4 Å². The molecular formula is C11H14F3NOS. The largest absolute Gasteiger partial charge is 0.418 e. The van der Waals surface area contributed by atoms with Gasteiger partial charge in [-0.1, -0.05) is 19.1 Å². The van der Waals surface area contributed by atoms with Gasteiger partial charge in [-0.05, 0) is 12.1 Å². The maximum Gasteiger partial charge on any atom is 0.418 e. The fourth-order valence-corrected chi connectivity index (χ4v) is 1.95. The summed E-state index contributed by atoms with van der Waals surface area (Å²) < 4.78 is 48.9. The number of nitrogens with one attached hydrogen (secondary N) is 1. The smallest absolute Gasteiger partial charge is 0.384 e. The fourth-order valence-electron chi connectivity index (χ4n) is 1.33. The molecule has 0 aliphatic heterocycles. The van der Waals surface area contributed by atoms with Crippen molar-refractivity contribution in [2.45, 2.75) is 13.1 Å². The lowest BCUT2D eigenvalue weighted by atomic mass is 10.1. The summed E-state index contributed by atoms with van der Waals surface area (Å²) in [6, 6.07) is 5.28. The van der Waals surface area contributed by atoms with Crippen molar-refractivity contribution in [3.8, 4) is 0 Å². The van der Waals surface area contributed by atoms with Crippen molar-refractivity contribution < 1.29 is 17.4 Å². The number of para-hydroxylation sites is 1. The van der Waals surface area contributed by atoms with E-state index >= 15 is 0 Å². The third-order valence-corrected chi connectivity index (χ3v) is 3.50. The molecule has 0 heterocycles. The van der Waals surface area contributed by atoms with E-state index in [1.165, 1.54) is 18.2 Å². The molecule has 1 N–H and O–H groups in total. The molecule has 0 saturated heterocycles. The number of alkyl halides is 3. The molecule has 0 aliphatic carbocycles. The monoisotopic (exact) mass is 265 g/mol. The Morgan fingerprint density at radius 2 is 1.94 bits per heavy atom. The standard InChI is InChI=1S/C11H14F3NOS/c1-2-17(16)8-7-15-10-6-4-3-5-9(10)11(12,13)14/h3-6,15H,2,7-8H2,1H3. The van der Waals surface area contributed by atoms with E-state index in [0.29, 0.717) is 11.5 Å². The van der Waals surface area contributed by atoms with Crippen LogP contribution in [0.25, 0.3) is 0 Å². The van der Waals surface area contributed by atoms with E-state index in [1.54, 1.807) is 6.92 Å². The number of benzene rings is 1. The molecule has 0 amide bonds. The molecular weight excluding hydrogens is 251 g/mol. The molecule has 1 unspecified atom stereocenters. The van der Waals surface area contributed by atoms with E-state index in [1.807, 2.05) is 0 Å². The number of anilines is 1. The van der Waals surface area contributed by atoms with Crippen molar-refractivity contribution in [3.05, 3.63) is 29.8 Å². The van der Waals surface area contributed by atoms with Crippen LogP contribution in [0.5, 0.6) is 0 Å². The first kappa shape index (κ1) is 14.0. The zero-order chi connectivity index (χ0) is 12.9. The number of halogens is 3. The quantitative estimate of drug-likeness (QED) is 0.887. The van der Waals surface area contributed by atoms with Gasteiger partial charge in [0.15, 0.2) is 0 Å². The molecule has 1 rings (SSSR count). The molecule has 0 fully saturated rings. The van der Waals surface area contributed by atoms with E-state index in [9.17, 15) is 17.4 Å².